The number of nitrogens with one attached hydrogen (secondary N) is 2. The number of morpholine rings is 1. The maximum Gasteiger partial charge on any atom is 0.310 e. The van der Waals surface area contributed by atoms with E-state index >= 15 is 0 Å². The first-order valence-corrected chi connectivity index (χ1v) is 8.07. The maximum atomic E-state index is 11.4. The number of aliphatic imine (C=N–C) groups is 1. The number of rotatable bonds is 8. The summed E-state index contributed by atoms with van der Waals surface area (Å²) in [6, 6.07) is 0. The molecule has 0 spiro atoms. The molecular weight excluding hydrogens is 284 g/mol. The number of carbonyl (C=O) groups is 1. The molecule has 2 N–H and O–H groups in total. The van der Waals surface area contributed by atoms with E-state index < -0.39 is 0 Å². The molecule has 1 fully saturated rings. The number of esters is 1. The Morgan fingerprint density at radius 2 is 2.09 bits per heavy atom. The molecule has 1 aliphatic rings. The van der Waals surface area contributed by atoms with Crippen molar-refractivity contribution in [1.29, 1.82) is 0 Å². The third-order valence-corrected chi connectivity index (χ3v) is 3.52. The van der Waals surface area contributed by atoms with Crippen LogP contribution in [0.2, 0.25) is 0 Å². The van der Waals surface area contributed by atoms with Gasteiger partial charge in [-0.1, -0.05) is 6.92 Å². The first kappa shape index (κ1) is 18.7. The molecule has 1 saturated heterocycles. The van der Waals surface area contributed by atoms with Gasteiger partial charge in [-0.05, 0) is 19.9 Å². The standard InChI is InChI=1S/C15H30N4O3/c1-4-16-15(18-12-13(2)14(20)21-3)17-6-5-7-19-8-10-22-11-9-19/h13H,4-12H2,1-3H3,(H2,16,17,18). The zero-order valence-corrected chi connectivity index (χ0v) is 14.1. The second-order valence-corrected chi connectivity index (χ2v) is 5.38. The molecule has 1 rings (SSSR count). The molecule has 0 bridgehead atoms. The molecule has 0 aromatic carbocycles. The van der Waals surface area contributed by atoms with Crippen LogP contribution in [-0.4, -0.2) is 76.4 Å². The second kappa shape index (κ2) is 11.3. The first-order chi connectivity index (χ1) is 10.7. The van der Waals surface area contributed by atoms with Crippen molar-refractivity contribution in [2.75, 3.05) is 59.6 Å². The second-order valence-electron chi connectivity index (χ2n) is 5.38. The Balaban J connectivity index is 2.25. The SMILES string of the molecule is CCNC(=NCC(C)C(=O)OC)NCCCN1CCOCC1. The highest BCUT2D eigenvalue weighted by molar-refractivity contribution is 5.80. The van der Waals surface area contributed by atoms with Crippen molar-refractivity contribution < 1.29 is 14.3 Å². The van der Waals surface area contributed by atoms with Crippen molar-refractivity contribution in [1.82, 2.24) is 15.5 Å². The van der Waals surface area contributed by atoms with Crippen molar-refractivity contribution in [3.05, 3.63) is 0 Å². The Hall–Kier alpha value is -1.34. The van der Waals surface area contributed by atoms with Crippen LogP contribution in [0.3, 0.4) is 0 Å². The van der Waals surface area contributed by atoms with Crippen molar-refractivity contribution >= 4 is 11.9 Å². The summed E-state index contributed by atoms with van der Waals surface area (Å²) in [6.07, 6.45) is 1.05. The molecule has 7 nitrogen and oxygen atoms in total. The van der Waals surface area contributed by atoms with E-state index in [4.69, 9.17) is 9.47 Å². The van der Waals surface area contributed by atoms with E-state index in [1.54, 1.807) is 0 Å². The Bertz CT molecular complexity index is 344. The third-order valence-electron chi connectivity index (χ3n) is 3.52. The molecule has 7 heteroatoms. The number of methoxy groups -OCH3 is 1. The average molecular weight is 314 g/mol. The largest absolute Gasteiger partial charge is 0.469 e. The number of carbonyl (C=O) groups excluding carboxylic acids is 1. The van der Waals surface area contributed by atoms with E-state index in [-0.39, 0.29) is 11.9 Å². The van der Waals surface area contributed by atoms with Gasteiger partial charge in [0.2, 0.25) is 0 Å². The predicted molar refractivity (Wildman–Crippen MR) is 87.0 cm³/mol. The normalized spacial score (nSPS) is 17.9. The molecule has 1 aliphatic heterocycles. The summed E-state index contributed by atoms with van der Waals surface area (Å²) in [5, 5.41) is 6.49. The smallest absolute Gasteiger partial charge is 0.310 e. The number of ether oxygens (including phenoxy) is 2. The highest BCUT2D eigenvalue weighted by Gasteiger charge is 2.12. The summed E-state index contributed by atoms with van der Waals surface area (Å²) in [7, 11) is 1.40. The minimum atomic E-state index is -0.230. The molecule has 1 unspecified atom stereocenters. The highest BCUT2D eigenvalue weighted by atomic mass is 16.5. The minimum Gasteiger partial charge on any atom is -0.469 e. The van der Waals surface area contributed by atoms with Gasteiger partial charge in [0.05, 0.1) is 32.8 Å². The molecular formula is C15H30N4O3. The number of hydrogen-bond acceptors (Lipinski definition) is 5. The monoisotopic (exact) mass is 314 g/mol. The van der Waals surface area contributed by atoms with Gasteiger partial charge in [0.15, 0.2) is 5.96 Å². The lowest BCUT2D eigenvalue weighted by molar-refractivity contribution is -0.144. The highest BCUT2D eigenvalue weighted by Crippen LogP contribution is 1.99. The molecule has 0 aromatic rings. The summed E-state index contributed by atoms with van der Waals surface area (Å²) < 4.78 is 10.0. The van der Waals surface area contributed by atoms with E-state index in [1.807, 2.05) is 13.8 Å². The van der Waals surface area contributed by atoms with Crippen molar-refractivity contribution in [2.45, 2.75) is 20.3 Å². The van der Waals surface area contributed by atoms with E-state index in [1.165, 1.54) is 7.11 Å². The molecule has 0 radical (unpaired) electrons. The van der Waals surface area contributed by atoms with Crippen LogP contribution < -0.4 is 10.6 Å². The van der Waals surface area contributed by atoms with Gasteiger partial charge < -0.3 is 20.1 Å². The molecule has 0 aromatic heterocycles. The van der Waals surface area contributed by atoms with Gasteiger partial charge in [0, 0.05) is 26.2 Å². The Morgan fingerprint density at radius 3 is 2.73 bits per heavy atom. The lowest BCUT2D eigenvalue weighted by Crippen LogP contribution is -2.41. The fraction of sp³-hybridized carbons (Fsp3) is 0.867. The molecule has 22 heavy (non-hydrogen) atoms. The summed E-state index contributed by atoms with van der Waals surface area (Å²) in [6.45, 7) is 10.7. The first-order valence-electron chi connectivity index (χ1n) is 8.07. The van der Waals surface area contributed by atoms with Crippen LogP contribution in [0.15, 0.2) is 4.99 Å². The topological polar surface area (TPSA) is 75.2 Å². The predicted octanol–water partition coefficient (Wildman–Crippen LogP) is 0.0729. The number of nitrogens with zero attached hydrogens (tertiary/aromatic N) is 2. The Kier molecular flexibility index (Phi) is 9.57. The van der Waals surface area contributed by atoms with Gasteiger partial charge in [-0.3, -0.25) is 14.7 Å². The summed E-state index contributed by atoms with van der Waals surface area (Å²) in [4.78, 5) is 18.2. The van der Waals surface area contributed by atoms with Crippen LogP contribution in [0.4, 0.5) is 0 Å². The molecule has 1 atom stereocenters. The van der Waals surface area contributed by atoms with Gasteiger partial charge in [-0.25, -0.2) is 0 Å². The Morgan fingerprint density at radius 1 is 1.36 bits per heavy atom. The fourth-order valence-electron chi connectivity index (χ4n) is 2.18. The molecule has 0 aliphatic carbocycles. The van der Waals surface area contributed by atoms with Gasteiger partial charge in [-0.2, -0.15) is 0 Å². The quantitative estimate of drug-likeness (QED) is 0.286. The van der Waals surface area contributed by atoms with E-state index in [0.29, 0.717) is 6.54 Å². The van der Waals surface area contributed by atoms with Gasteiger partial charge in [-0.15, -0.1) is 0 Å². The zero-order chi connectivity index (χ0) is 16.2. The van der Waals surface area contributed by atoms with Gasteiger partial charge in [0.1, 0.15) is 0 Å². The summed E-state index contributed by atoms with van der Waals surface area (Å²) in [5.74, 6) is 0.293. The van der Waals surface area contributed by atoms with Gasteiger partial charge >= 0.3 is 5.97 Å². The van der Waals surface area contributed by atoms with Crippen LogP contribution in [0.5, 0.6) is 0 Å². The molecule has 128 valence electrons. The van der Waals surface area contributed by atoms with E-state index in [0.717, 1.165) is 58.3 Å². The van der Waals surface area contributed by atoms with Crippen LogP contribution in [0.25, 0.3) is 0 Å². The zero-order valence-electron chi connectivity index (χ0n) is 14.1. The lowest BCUT2D eigenvalue weighted by Gasteiger charge is -2.26. The van der Waals surface area contributed by atoms with Crippen LogP contribution in [0, 0.1) is 5.92 Å². The van der Waals surface area contributed by atoms with Crippen molar-refractivity contribution in [2.24, 2.45) is 10.9 Å². The van der Waals surface area contributed by atoms with E-state index in [9.17, 15) is 4.79 Å². The van der Waals surface area contributed by atoms with Gasteiger partial charge in [0.25, 0.3) is 0 Å². The Labute approximate surface area is 133 Å². The van der Waals surface area contributed by atoms with E-state index in [2.05, 4.69) is 20.5 Å². The lowest BCUT2D eigenvalue weighted by atomic mass is 10.2. The summed E-state index contributed by atoms with van der Waals surface area (Å²) in [5.41, 5.74) is 0. The minimum absolute atomic E-state index is 0.228. The van der Waals surface area contributed by atoms with Crippen LogP contribution in [-0.2, 0) is 14.3 Å². The molecule has 0 saturated carbocycles. The average Bonchev–Trinajstić information content (AvgIpc) is 2.56. The number of hydrogen-bond donors (Lipinski definition) is 2. The van der Waals surface area contributed by atoms with Crippen molar-refractivity contribution in [3.63, 3.8) is 0 Å². The number of guanidine groups is 1. The molecule has 1 heterocycles. The molecule has 0 amide bonds. The maximum absolute atomic E-state index is 11.4. The fourth-order valence-corrected chi connectivity index (χ4v) is 2.18. The summed E-state index contributed by atoms with van der Waals surface area (Å²) >= 11 is 0. The van der Waals surface area contributed by atoms with Crippen LogP contribution in [0.1, 0.15) is 20.3 Å². The third kappa shape index (κ3) is 7.61. The van der Waals surface area contributed by atoms with Crippen molar-refractivity contribution in [3.8, 4) is 0 Å². The van der Waals surface area contributed by atoms with Crippen LogP contribution >= 0.6 is 0 Å².